The first-order valence-electron chi connectivity index (χ1n) is 5.22. The van der Waals surface area contributed by atoms with E-state index in [-0.39, 0.29) is 9.79 Å². The second-order valence-electron chi connectivity index (χ2n) is 3.65. The van der Waals surface area contributed by atoms with Crippen molar-refractivity contribution in [2.75, 3.05) is 0 Å². The molecule has 0 heterocycles. The summed E-state index contributed by atoms with van der Waals surface area (Å²) in [5, 5.41) is 2.23. The van der Waals surface area contributed by atoms with Crippen molar-refractivity contribution in [3.63, 3.8) is 0 Å². The molecule has 2 aromatic carbocycles. The first kappa shape index (κ1) is 14.1. The summed E-state index contributed by atoms with van der Waals surface area (Å²) in [6, 6.07) is 12.7. The summed E-state index contributed by atoms with van der Waals surface area (Å²) in [4.78, 5) is 4.25. The molecule has 0 saturated carbocycles. The average Bonchev–Trinajstić information content (AvgIpc) is 2.40. The van der Waals surface area contributed by atoms with Crippen LogP contribution in [-0.2, 0) is 9.84 Å². The van der Waals surface area contributed by atoms with Crippen LogP contribution in [0.4, 0.5) is 5.69 Å². The summed E-state index contributed by atoms with van der Waals surface area (Å²) in [6.45, 7) is 0. The number of sulfone groups is 1. The molecule has 0 radical (unpaired) electrons. The Balaban J connectivity index is 2.44. The van der Waals surface area contributed by atoms with E-state index >= 15 is 0 Å². The van der Waals surface area contributed by atoms with Gasteiger partial charge < -0.3 is 0 Å². The van der Waals surface area contributed by atoms with Crippen molar-refractivity contribution >= 4 is 48.8 Å². The zero-order valence-corrected chi connectivity index (χ0v) is 12.8. The van der Waals surface area contributed by atoms with Gasteiger partial charge in [-0.1, -0.05) is 15.9 Å². The van der Waals surface area contributed by atoms with Crippen LogP contribution in [0.3, 0.4) is 0 Å². The smallest absolute Gasteiger partial charge is 0.206 e. The van der Waals surface area contributed by atoms with Crippen molar-refractivity contribution in [1.82, 2.24) is 0 Å². The molecule has 0 atom stereocenters. The van der Waals surface area contributed by atoms with E-state index in [1.54, 1.807) is 36.4 Å². The lowest BCUT2D eigenvalue weighted by molar-refractivity contribution is 0.596. The summed E-state index contributed by atoms with van der Waals surface area (Å²) in [7, 11) is -3.50. The third kappa shape index (κ3) is 3.16. The summed E-state index contributed by atoms with van der Waals surface area (Å²) < 4.78 is 25.5. The van der Waals surface area contributed by atoms with Crippen LogP contribution in [0.5, 0.6) is 0 Å². The topological polar surface area (TPSA) is 46.5 Å². The molecular formula is C13H8BrNO2S2. The van der Waals surface area contributed by atoms with Gasteiger partial charge in [-0.05, 0) is 60.7 Å². The normalized spacial score (nSPS) is 10.8. The number of benzene rings is 2. The van der Waals surface area contributed by atoms with Gasteiger partial charge in [-0.3, -0.25) is 0 Å². The fourth-order valence-electron chi connectivity index (χ4n) is 1.50. The first-order valence-corrected chi connectivity index (χ1v) is 7.91. The van der Waals surface area contributed by atoms with Crippen LogP contribution in [0.1, 0.15) is 0 Å². The number of thiocarbonyl (C=S) groups is 1. The van der Waals surface area contributed by atoms with Gasteiger partial charge in [0.1, 0.15) is 0 Å². The van der Waals surface area contributed by atoms with E-state index in [4.69, 9.17) is 0 Å². The highest BCUT2D eigenvalue weighted by molar-refractivity contribution is 9.10. The molecule has 0 fully saturated rings. The van der Waals surface area contributed by atoms with Gasteiger partial charge >= 0.3 is 0 Å². The minimum absolute atomic E-state index is 0.221. The first-order chi connectivity index (χ1) is 9.04. The van der Waals surface area contributed by atoms with Crippen LogP contribution in [0.25, 0.3) is 0 Å². The third-order valence-electron chi connectivity index (χ3n) is 2.45. The molecule has 0 saturated heterocycles. The van der Waals surface area contributed by atoms with Crippen LogP contribution in [0, 0.1) is 0 Å². The van der Waals surface area contributed by atoms with Crippen molar-refractivity contribution < 1.29 is 8.42 Å². The molecule has 6 heteroatoms. The van der Waals surface area contributed by atoms with Crippen molar-refractivity contribution in [1.29, 1.82) is 0 Å². The van der Waals surface area contributed by atoms with E-state index in [0.717, 1.165) is 4.47 Å². The Labute approximate surface area is 125 Å². The highest BCUT2D eigenvalue weighted by atomic mass is 79.9. The molecule has 0 N–H and O–H groups in total. The van der Waals surface area contributed by atoms with Gasteiger partial charge in [0, 0.05) is 4.47 Å². The summed E-state index contributed by atoms with van der Waals surface area (Å²) in [6.07, 6.45) is 0. The molecule has 2 aromatic rings. The molecule has 3 nitrogen and oxygen atoms in total. The number of hydrogen-bond acceptors (Lipinski definition) is 4. The second-order valence-corrected chi connectivity index (χ2v) is 6.70. The zero-order valence-electron chi connectivity index (χ0n) is 9.58. The van der Waals surface area contributed by atoms with Gasteiger partial charge in [0.15, 0.2) is 0 Å². The number of hydrogen-bond donors (Lipinski definition) is 0. The highest BCUT2D eigenvalue weighted by Crippen LogP contribution is 2.24. The lowest BCUT2D eigenvalue weighted by atomic mass is 10.3. The Morgan fingerprint density at radius 2 is 1.42 bits per heavy atom. The van der Waals surface area contributed by atoms with Crippen molar-refractivity contribution in [2.24, 2.45) is 4.99 Å². The monoisotopic (exact) mass is 353 g/mol. The van der Waals surface area contributed by atoms with Gasteiger partial charge in [0.05, 0.1) is 20.6 Å². The maximum absolute atomic E-state index is 12.3. The molecule has 0 aromatic heterocycles. The summed E-state index contributed by atoms with van der Waals surface area (Å²) in [5.74, 6) is 0. The summed E-state index contributed by atoms with van der Waals surface area (Å²) in [5.41, 5.74) is 0.574. The molecule has 0 aliphatic carbocycles. The SMILES string of the molecule is O=S(=O)(c1ccc(Br)cc1)c1ccc(N=C=S)cc1. The fourth-order valence-corrected chi connectivity index (χ4v) is 3.13. The van der Waals surface area contributed by atoms with E-state index in [1.807, 2.05) is 0 Å². The molecule has 96 valence electrons. The maximum atomic E-state index is 12.3. The number of halogens is 1. The predicted octanol–water partition coefficient (Wildman–Crippen LogP) is 4.02. The van der Waals surface area contributed by atoms with Crippen LogP contribution in [-0.4, -0.2) is 13.6 Å². The Morgan fingerprint density at radius 1 is 0.947 bits per heavy atom. The van der Waals surface area contributed by atoms with Crippen molar-refractivity contribution in [3.8, 4) is 0 Å². The van der Waals surface area contributed by atoms with Gasteiger partial charge in [-0.15, -0.1) is 0 Å². The van der Waals surface area contributed by atoms with Gasteiger partial charge in [-0.2, -0.15) is 4.99 Å². The van der Waals surface area contributed by atoms with E-state index in [1.165, 1.54) is 12.1 Å². The predicted molar refractivity (Wildman–Crippen MR) is 80.7 cm³/mol. The van der Waals surface area contributed by atoms with Crippen LogP contribution < -0.4 is 0 Å². The maximum Gasteiger partial charge on any atom is 0.206 e. The molecule has 2 rings (SSSR count). The Kier molecular flexibility index (Phi) is 4.27. The lowest BCUT2D eigenvalue weighted by Gasteiger charge is -2.04. The van der Waals surface area contributed by atoms with E-state index in [9.17, 15) is 8.42 Å². The van der Waals surface area contributed by atoms with E-state index < -0.39 is 9.84 Å². The number of aliphatic imine (C=N–C) groups is 1. The molecule has 0 bridgehead atoms. The van der Waals surface area contributed by atoms with Crippen LogP contribution in [0.2, 0.25) is 0 Å². The average molecular weight is 354 g/mol. The second kappa shape index (κ2) is 5.75. The number of isothiocyanates is 1. The van der Waals surface area contributed by atoms with Gasteiger partial charge in [-0.25, -0.2) is 8.42 Å². The largest absolute Gasteiger partial charge is 0.219 e. The molecule has 19 heavy (non-hydrogen) atoms. The van der Waals surface area contributed by atoms with Crippen LogP contribution >= 0.6 is 28.1 Å². The Bertz CT molecular complexity index is 731. The molecule has 0 spiro atoms. The molecule has 0 aliphatic rings. The van der Waals surface area contributed by atoms with E-state index in [0.29, 0.717) is 5.69 Å². The number of nitrogens with zero attached hydrogens (tertiary/aromatic N) is 1. The van der Waals surface area contributed by atoms with E-state index in [2.05, 4.69) is 38.3 Å². The zero-order chi connectivity index (χ0) is 13.9. The van der Waals surface area contributed by atoms with Crippen LogP contribution in [0.15, 0.2) is 67.8 Å². The summed E-state index contributed by atoms with van der Waals surface area (Å²) >= 11 is 7.76. The minimum Gasteiger partial charge on any atom is -0.219 e. The quantitative estimate of drug-likeness (QED) is 0.618. The lowest BCUT2D eigenvalue weighted by Crippen LogP contribution is -2.01. The van der Waals surface area contributed by atoms with Crippen molar-refractivity contribution in [3.05, 3.63) is 53.0 Å². The van der Waals surface area contributed by atoms with Gasteiger partial charge in [0.25, 0.3) is 0 Å². The Hall–Kier alpha value is -1.33. The Morgan fingerprint density at radius 3 is 1.89 bits per heavy atom. The van der Waals surface area contributed by atoms with Gasteiger partial charge in [0.2, 0.25) is 9.84 Å². The standard InChI is InChI=1S/C13H8BrNO2S2/c14-10-1-5-12(6-2-10)19(16,17)13-7-3-11(4-8-13)15-9-18/h1-8H. The minimum atomic E-state index is -3.50. The van der Waals surface area contributed by atoms with Crippen molar-refractivity contribution in [2.45, 2.75) is 9.79 Å². The highest BCUT2D eigenvalue weighted by Gasteiger charge is 2.16. The number of rotatable bonds is 3. The fraction of sp³-hybridized carbons (Fsp3) is 0. The molecule has 0 aliphatic heterocycles. The third-order valence-corrected chi connectivity index (χ3v) is 4.85. The molecule has 0 amide bonds. The molecular weight excluding hydrogens is 346 g/mol. The molecule has 0 unspecified atom stereocenters.